The summed E-state index contributed by atoms with van der Waals surface area (Å²) in [6, 6.07) is 9.55. The van der Waals surface area contributed by atoms with Crippen molar-refractivity contribution in [1.29, 1.82) is 0 Å². The molecule has 1 fully saturated rings. The minimum atomic E-state index is -2.71. The molecular formula is C24H22F4N6O2. The van der Waals surface area contributed by atoms with Crippen LogP contribution in [0.15, 0.2) is 47.4 Å². The number of H-pyrrole nitrogens is 1. The Morgan fingerprint density at radius 1 is 1.06 bits per heavy atom. The molecule has 0 bridgehead atoms. The predicted octanol–water partition coefficient (Wildman–Crippen LogP) is 2.77. The maximum absolute atomic E-state index is 15.3. The number of rotatable bonds is 6. The summed E-state index contributed by atoms with van der Waals surface area (Å²) in [5, 5.41) is 1.99. The van der Waals surface area contributed by atoms with Gasteiger partial charge in [-0.2, -0.15) is 4.39 Å². The topological polar surface area (TPSA) is 85.7 Å². The highest BCUT2D eigenvalue weighted by Gasteiger charge is 2.23. The first kappa shape index (κ1) is 23.8. The number of carbonyl (C=O) groups excluding carboxylic acids is 1. The number of nitrogens with zero attached hydrogens (tertiary/aromatic N) is 4. The molecule has 188 valence electrons. The highest BCUT2D eigenvalue weighted by molar-refractivity contribution is 5.92. The number of piperazine rings is 1. The lowest BCUT2D eigenvalue weighted by Gasteiger charge is -2.36. The van der Waals surface area contributed by atoms with Crippen molar-refractivity contribution in [2.24, 2.45) is 0 Å². The molecule has 2 N–H and O–H groups in total. The van der Waals surface area contributed by atoms with Crippen LogP contribution >= 0.6 is 0 Å². The first-order valence-corrected chi connectivity index (χ1v) is 11.3. The van der Waals surface area contributed by atoms with Crippen molar-refractivity contribution in [3.63, 3.8) is 0 Å². The Morgan fingerprint density at radius 2 is 1.83 bits per heavy atom. The van der Waals surface area contributed by atoms with E-state index in [4.69, 9.17) is 0 Å². The van der Waals surface area contributed by atoms with Gasteiger partial charge in [-0.05, 0) is 30.3 Å². The minimum absolute atomic E-state index is 0.144. The van der Waals surface area contributed by atoms with E-state index in [1.807, 2.05) is 10.2 Å². The van der Waals surface area contributed by atoms with Gasteiger partial charge in [0, 0.05) is 44.5 Å². The molecular weight excluding hydrogens is 480 g/mol. The van der Waals surface area contributed by atoms with Crippen LogP contribution in [-0.2, 0) is 6.54 Å². The van der Waals surface area contributed by atoms with E-state index >= 15 is 4.39 Å². The smallest absolute Gasteiger partial charge is 0.272 e. The molecule has 0 aliphatic carbocycles. The number of fused-ring (bicyclic) bond motifs is 3. The number of alkyl halides is 2. The van der Waals surface area contributed by atoms with Gasteiger partial charge in [-0.3, -0.25) is 14.5 Å². The van der Waals surface area contributed by atoms with E-state index in [0.29, 0.717) is 49.3 Å². The first-order chi connectivity index (χ1) is 17.3. The fourth-order valence-electron chi connectivity index (χ4n) is 4.44. The largest absolute Gasteiger partial charge is 0.365 e. The molecule has 0 saturated carbocycles. The molecule has 1 saturated heterocycles. The number of benzene rings is 1. The molecule has 1 aliphatic rings. The number of pyridine rings is 1. The third-order valence-corrected chi connectivity index (χ3v) is 6.26. The summed E-state index contributed by atoms with van der Waals surface area (Å²) in [5.41, 5.74) is 1.13. The highest BCUT2D eigenvalue weighted by Crippen LogP contribution is 2.23. The number of hydrogen-bond acceptors (Lipinski definition) is 5. The Bertz CT molecular complexity index is 1490. The van der Waals surface area contributed by atoms with Crippen LogP contribution in [0.4, 0.5) is 23.2 Å². The predicted molar refractivity (Wildman–Crippen MR) is 126 cm³/mol. The van der Waals surface area contributed by atoms with E-state index in [1.54, 1.807) is 39.8 Å². The Labute approximate surface area is 202 Å². The number of carbonyl (C=O) groups is 1. The Morgan fingerprint density at radius 3 is 2.56 bits per heavy atom. The lowest BCUT2D eigenvalue weighted by Crippen LogP contribution is -2.46. The highest BCUT2D eigenvalue weighted by atomic mass is 19.3. The number of hydrogen-bond donors (Lipinski definition) is 2. The van der Waals surface area contributed by atoms with E-state index in [-0.39, 0.29) is 22.5 Å². The molecule has 4 heterocycles. The van der Waals surface area contributed by atoms with Crippen molar-refractivity contribution in [2.75, 3.05) is 37.6 Å². The van der Waals surface area contributed by atoms with Gasteiger partial charge in [-0.1, -0.05) is 6.07 Å². The molecule has 8 nitrogen and oxygen atoms in total. The molecule has 12 heteroatoms. The van der Waals surface area contributed by atoms with Gasteiger partial charge in [-0.25, -0.2) is 18.2 Å². The van der Waals surface area contributed by atoms with Crippen LogP contribution in [0.5, 0.6) is 0 Å². The lowest BCUT2D eigenvalue weighted by atomic mass is 10.1. The molecule has 5 rings (SSSR count). The summed E-state index contributed by atoms with van der Waals surface area (Å²) in [6.07, 6.45) is -1.00. The molecule has 36 heavy (non-hydrogen) atoms. The zero-order chi connectivity index (χ0) is 25.4. The van der Waals surface area contributed by atoms with Crippen LogP contribution in [0.25, 0.3) is 16.6 Å². The zero-order valence-electron chi connectivity index (χ0n) is 19.0. The molecule has 1 amide bonds. The Hall–Kier alpha value is -3.93. The first-order valence-electron chi connectivity index (χ1n) is 11.3. The van der Waals surface area contributed by atoms with Gasteiger partial charge in [0.1, 0.15) is 16.7 Å². The van der Waals surface area contributed by atoms with E-state index in [1.165, 1.54) is 12.1 Å². The van der Waals surface area contributed by atoms with Crippen LogP contribution in [0.2, 0.25) is 0 Å². The van der Waals surface area contributed by atoms with Crippen molar-refractivity contribution in [2.45, 2.75) is 13.0 Å². The fraction of sp³-hybridized carbons (Fsp3) is 0.292. The minimum Gasteiger partial charge on any atom is -0.365 e. The average Bonchev–Trinajstić information content (AvgIpc) is 3.36. The second kappa shape index (κ2) is 9.61. The van der Waals surface area contributed by atoms with Crippen LogP contribution in [-0.4, -0.2) is 64.3 Å². The van der Waals surface area contributed by atoms with Crippen LogP contribution in [0.3, 0.4) is 0 Å². The zero-order valence-corrected chi connectivity index (χ0v) is 19.0. The van der Waals surface area contributed by atoms with Gasteiger partial charge in [0.2, 0.25) is 5.95 Å². The third kappa shape index (κ3) is 4.51. The van der Waals surface area contributed by atoms with E-state index in [0.717, 1.165) is 0 Å². The van der Waals surface area contributed by atoms with Gasteiger partial charge in [0.25, 0.3) is 17.9 Å². The summed E-state index contributed by atoms with van der Waals surface area (Å²) in [6.45, 7) is 1.38. The molecule has 0 spiro atoms. The Kier molecular flexibility index (Phi) is 6.35. The normalized spacial score (nSPS) is 14.8. The quantitative estimate of drug-likeness (QED) is 0.313. The summed E-state index contributed by atoms with van der Waals surface area (Å²) < 4.78 is 56.0. The third-order valence-electron chi connectivity index (χ3n) is 6.26. The van der Waals surface area contributed by atoms with E-state index in [2.05, 4.69) is 9.97 Å². The van der Waals surface area contributed by atoms with E-state index in [9.17, 15) is 22.8 Å². The van der Waals surface area contributed by atoms with Crippen molar-refractivity contribution in [3.8, 4) is 0 Å². The summed E-state index contributed by atoms with van der Waals surface area (Å²) in [7, 11) is 0. The molecule has 3 aromatic heterocycles. The van der Waals surface area contributed by atoms with Gasteiger partial charge in [-0.15, -0.1) is 0 Å². The van der Waals surface area contributed by atoms with Crippen LogP contribution in [0.1, 0.15) is 16.1 Å². The number of aromatic amines is 1. The molecule has 4 aromatic rings. The monoisotopic (exact) mass is 502 g/mol. The van der Waals surface area contributed by atoms with Crippen molar-refractivity contribution < 1.29 is 22.4 Å². The SMILES string of the molecule is O=C(NCC(F)F)c1ccc(N2CCN(Cc3ccc4c([nH]c(=O)c5cccn54)c3F)CC2)c(F)n1. The Balaban J connectivity index is 1.26. The molecule has 0 radical (unpaired) electrons. The number of aromatic nitrogens is 3. The second-order valence-electron chi connectivity index (χ2n) is 8.52. The molecule has 0 unspecified atom stereocenters. The summed E-state index contributed by atoms with van der Waals surface area (Å²) >= 11 is 0. The molecule has 0 atom stereocenters. The fourth-order valence-corrected chi connectivity index (χ4v) is 4.44. The second-order valence-corrected chi connectivity index (χ2v) is 8.52. The van der Waals surface area contributed by atoms with Crippen LogP contribution in [0, 0.1) is 11.8 Å². The number of halogens is 4. The lowest BCUT2D eigenvalue weighted by molar-refractivity contribution is 0.0886. The summed E-state index contributed by atoms with van der Waals surface area (Å²) in [5.74, 6) is -2.23. The van der Waals surface area contributed by atoms with E-state index < -0.39 is 30.6 Å². The van der Waals surface area contributed by atoms with Gasteiger partial charge in [0.05, 0.1) is 17.7 Å². The maximum atomic E-state index is 15.3. The van der Waals surface area contributed by atoms with Gasteiger partial charge >= 0.3 is 0 Å². The molecule has 1 aliphatic heterocycles. The van der Waals surface area contributed by atoms with Crippen molar-refractivity contribution in [1.82, 2.24) is 24.6 Å². The van der Waals surface area contributed by atoms with Crippen molar-refractivity contribution >= 4 is 28.1 Å². The summed E-state index contributed by atoms with van der Waals surface area (Å²) in [4.78, 5) is 34.1. The maximum Gasteiger partial charge on any atom is 0.272 e. The average molecular weight is 502 g/mol. The van der Waals surface area contributed by atoms with Crippen LogP contribution < -0.4 is 15.8 Å². The van der Waals surface area contributed by atoms with Gasteiger partial charge < -0.3 is 19.6 Å². The standard InChI is InChI=1S/C24H22F4N6O2/c25-19(26)12-29-23(35)15-4-6-17(22(28)30-15)33-10-8-32(9-11-33)13-14-3-5-16-21(20(14)27)31-24(36)18-2-1-7-34(16)18/h1-7,19H,8-13H2,(H,29,35)(H,31,36). The van der Waals surface area contributed by atoms with Gasteiger partial charge in [0.15, 0.2) is 5.82 Å². The number of amides is 1. The number of nitrogens with one attached hydrogen (secondary N) is 2. The molecule has 1 aromatic carbocycles. The van der Waals surface area contributed by atoms with Crippen molar-refractivity contribution in [3.05, 3.63) is 76.0 Å². The number of anilines is 1.